The summed E-state index contributed by atoms with van der Waals surface area (Å²) < 4.78 is 40.3. The van der Waals surface area contributed by atoms with Gasteiger partial charge in [-0.3, -0.25) is 4.79 Å². The topological polar surface area (TPSA) is 75.6 Å². The SMILES string of the molecule is O=C(NC(CF)C(=O)O)c1cccc(OC(F)F)c1. The number of hydrogen-bond acceptors (Lipinski definition) is 3. The summed E-state index contributed by atoms with van der Waals surface area (Å²) in [6, 6.07) is 3.04. The largest absolute Gasteiger partial charge is 0.480 e. The van der Waals surface area contributed by atoms with Gasteiger partial charge in [0.2, 0.25) is 0 Å². The van der Waals surface area contributed by atoms with Gasteiger partial charge in [-0.15, -0.1) is 0 Å². The number of carbonyl (C=O) groups excluding carboxylic acids is 1. The number of nitrogens with one attached hydrogen (secondary N) is 1. The quantitative estimate of drug-likeness (QED) is 0.825. The second-order valence-corrected chi connectivity index (χ2v) is 3.42. The Morgan fingerprint density at radius 2 is 2.05 bits per heavy atom. The number of halogens is 3. The van der Waals surface area contributed by atoms with Crippen LogP contribution in [0, 0.1) is 0 Å². The molecule has 0 spiro atoms. The highest BCUT2D eigenvalue weighted by molar-refractivity contribution is 5.96. The molecule has 1 aromatic carbocycles. The van der Waals surface area contributed by atoms with E-state index in [4.69, 9.17) is 5.11 Å². The zero-order valence-corrected chi connectivity index (χ0v) is 9.48. The zero-order chi connectivity index (χ0) is 14.4. The van der Waals surface area contributed by atoms with E-state index in [-0.39, 0.29) is 11.3 Å². The van der Waals surface area contributed by atoms with E-state index in [1.807, 2.05) is 5.32 Å². The van der Waals surface area contributed by atoms with Gasteiger partial charge in [0.15, 0.2) is 6.04 Å². The van der Waals surface area contributed by atoms with E-state index in [2.05, 4.69) is 4.74 Å². The molecule has 2 N–H and O–H groups in total. The standard InChI is InChI=1S/C11H10F3NO4/c12-5-8(10(17)18)15-9(16)6-2-1-3-7(4-6)19-11(13)14/h1-4,8,11H,5H2,(H,15,16)(H,17,18). The van der Waals surface area contributed by atoms with Gasteiger partial charge in [-0.25, -0.2) is 9.18 Å². The summed E-state index contributed by atoms with van der Waals surface area (Å²) in [6.07, 6.45) is 0. The second-order valence-electron chi connectivity index (χ2n) is 3.42. The van der Waals surface area contributed by atoms with Gasteiger partial charge < -0.3 is 15.2 Å². The number of aliphatic carboxylic acids is 1. The summed E-state index contributed by atoms with van der Waals surface area (Å²) in [6.45, 7) is -4.33. The van der Waals surface area contributed by atoms with Crippen LogP contribution >= 0.6 is 0 Å². The average Bonchev–Trinajstić information content (AvgIpc) is 2.34. The van der Waals surface area contributed by atoms with E-state index < -0.39 is 31.2 Å². The molecule has 1 amide bonds. The molecule has 0 saturated carbocycles. The summed E-state index contributed by atoms with van der Waals surface area (Å²) in [7, 11) is 0. The monoisotopic (exact) mass is 277 g/mol. The third kappa shape index (κ3) is 4.49. The molecule has 0 heterocycles. The Bertz CT molecular complexity index is 467. The van der Waals surface area contributed by atoms with Crippen LogP contribution in [0.5, 0.6) is 5.75 Å². The first-order valence-corrected chi connectivity index (χ1v) is 5.08. The maximum Gasteiger partial charge on any atom is 0.387 e. The third-order valence-corrected chi connectivity index (χ3v) is 2.08. The maximum atomic E-state index is 12.3. The predicted molar refractivity (Wildman–Crippen MR) is 57.9 cm³/mol. The minimum atomic E-state index is -3.05. The smallest absolute Gasteiger partial charge is 0.387 e. The molecule has 0 fully saturated rings. The predicted octanol–water partition coefficient (Wildman–Crippen LogP) is 1.44. The van der Waals surface area contributed by atoms with Gasteiger partial charge in [-0.2, -0.15) is 8.78 Å². The summed E-state index contributed by atoms with van der Waals surface area (Å²) in [5.41, 5.74) is -0.113. The molecule has 19 heavy (non-hydrogen) atoms. The average molecular weight is 277 g/mol. The maximum absolute atomic E-state index is 12.3. The van der Waals surface area contributed by atoms with Crippen molar-refractivity contribution >= 4 is 11.9 Å². The first-order chi connectivity index (χ1) is 8.93. The highest BCUT2D eigenvalue weighted by atomic mass is 19.3. The normalized spacial score (nSPS) is 12.0. The van der Waals surface area contributed by atoms with Crippen LogP contribution in [0.4, 0.5) is 13.2 Å². The van der Waals surface area contributed by atoms with Gasteiger partial charge in [-0.1, -0.05) is 6.07 Å². The van der Waals surface area contributed by atoms with Crippen molar-refractivity contribution in [2.24, 2.45) is 0 Å². The van der Waals surface area contributed by atoms with Crippen LogP contribution in [0.25, 0.3) is 0 Å². The van der Waals surface area contributed by atoms with Crippen molar-refractivity contribution in [3.05, 3.63) is 29.8 Å². The number of hydrogen-bond donors (Lipinski definition) is 2. The van der Waals surface area contributed by atoms with Crippen molar-refractivity contribution in [1.82, 2.24) is 5.32 Å². The lowest BCUT2D eigenvalue weighted by Crippen LogP contribution is -2.42. The van der Waals surface area contributed by atoms with E-state index >= 15 is 0 Å². The molecule has 0 radical (unpaired) electrons. The van der Waals surface area contributed by atoms with Gasteiger partial charge in [0.25, 0.3) is 5.91 Å². The summed E-state index contributed by atoms with van der Waals surface area (Å²) in [4.78, 5) is 22.1. The van der Waals surface area contributed by atoms with E-state index in [0.29, 0.717) is 0 Å². The van der Waals surface area contributed by atoms with Crippen LogP contribution in [0.1, 0.15) is 10.4 Å². The number of carboxylic acid groups (broad SMARTS) is 1. The Morgan fingerprint density at radius 3 is 2.58 bits per heavy atom. The molecule has 0 saturated heterocycles. The van der Waals surface area contributed by atoms with Crippen LogP contribution in [0.15, 0.2) is 24.3 Å². The van der Waals surface area contributed by atoms with Crippen LogP contribution in [-0.2, 0) is 4.79 Å². The van der Waals surface area contributed by atoms with E-state index in [9.17, 15) is 22.8 Å². The van der Waals surface area contributed by atoms with Gasteiger partial charge in [0.1, 0.15) is 12.4 Å². The van der Waals surface area contributed by atoms with Crippen molar-refractivity contribution in [2.45, 2.75) is 12.7 Å². The Hall–Kier alpha value is -2.25. The van der Waals surface area contributed by atoms with Gasteiger partial charge in [-0.05, 0) is 18.2 Å². The number of carbonyl (C=O) groups is 2. The minimum Gasteiger partial charge on any atom is -0.480 e. The molecule has 104 valence electrons. The van der Waals surface area contributed by atoms with Gasteiger partial charge in [0.05, 0.1) is 0 Å². The molecule has 1 atom stereocenters. The minimum absolute atomic E-state index is 0.113. The second kappa shape index (κ2) is 6.62. The number of benzene rings is 1. The van der Waals surface area contributed by atoms with Crippen molar-refractivity contribution < 1.29 is 32.6 Å². The van der Waals surface area contributed by atoms with Crippen molar-refractivity contribution in [3.63, 3.8) is 0 Å². The number of alkyl halides is 3. The van der Waals surface area contributed by atoms with Crippen LogP contribution < -0.4 is 10.1 Å². The van der Waals surface area contributed by atoms with Crippen LogP contribution in [-0.4, -0.2) is 36.3 Å². The molecular formula is C11H10F3NO4. The van der Waals surface area contributed by atoms with Gasteiger partial charge >= 0.3 is 12.6 Å². The molecule has 1 rings (SSSR count). The summed E-state index contributed by atoms with van der Waals surface area (Å²) in [5.74, 6) is -2.68. The Kier molecular flexibility index (Phi) is 5.16. The molecule has 0 aromatic heterocycles. The fourth-order valence-corrected chi connectivity index (χ4v) is 1.22. The fourth-order valence-electron chi connectivity index (χ4n) is 1.22. The number of ether oxygens (including phenoxy) is 1. The van der Waals surface area contributed by atoms with Crippen LogP contribution in [0.3, 0.4) is 0 Å². The van der Waals surface area contributed by atoms with Crippen LogP contribution in [0.2, 0.25) is 0 Å². The molecule has 8 heteroatoms. The molecule has 0 bridgehead atoms. The summed E-state index contributed by atoms with van der Waals surface area (Å²) >= 11 is 0. The lowest BCUT2D eigenvalue weighted by Gasteiger charge is -2.11. The first-order valence-electron chi connectivity index (χ1n) is 5.08. The number of amides is 1. The van der Waals surface area contributed by atoms with Gasteiger partial charge in [0, 0.05) is 5.56 Å². The molecular weight excluding hydrogens is 267 g/mol. The highest BCUT2D eigenvalue weighted by Crippen LogP contribution is 2.16. The Labute approximate surface area is 106 Å². The highest BCUT2D eigenvalue weighted by Gasteiger charge is 2.20. The number of rotatable bonds is 6. The lowest BCUT2D eigenvalue weighted by atomic mass is 10.2. The van der Waals surface area contributed by atoms with Crippen molar-refractivity contribution in [2.75, 3.05) is 6.67 Å². The third-order valence-electron chi connectivity index (χ3n) is 2.08. The molecule has 1 unspecified atom stereocenters. The zero-order valence-electron chi connectivity index (χ0n) is 9.48. The lowest BCUT2D eigenvalue weighted by molar-refractivity contribution is -0.139. The van der Waals surface area contributed by atoms with Crippen molar-refractivity contribution in [3.8, 4) is 5.75 Å². The molecule has 0 aliphatic heterocycles. The molecule has 1 aromatic rings. The molecule has 5 nitrogen and oxygen atoms in total. The van der Waals surface area contributed by atoms with E-state index in [1.54, 1.807) is 0 Å². The fraction of sp³-hybridized carbons (Fsp3) is 0.273. The van der Waals surface area contributed by atoms with E-state index in [0.717, 1.165) is 6.07 Å². The Morgan fingerprint density at radius 1 is 1.37 bits per heavy atom. The number of carboxylic acids is 1. The van der Waals surface area contributed by atoms with Crippen molar-refractivity contribution in [1.29, 1.82) is 0 Å². The Balaban J connectivity index is 2.79. The molecule has 0 aliphatic carbocycles. The van der Waals surface area contributed by atoms with E-state index in [1.165, 1.54) is 18.2 Å². The molecule has 0 aliphatic rings. The summed E-state index contributed by atoms with van der Waals surface area (Å²) in [5, 5.41) is 10.5. The first kappa shape index (κ1) is 14.8.